The Labute approximate surface area is 136 Å². The van der Waals surface area contributed by atoms with Crippen molar-refractivity contribution in [3.63, 3.8) is 0 Å². The molecule has 0 nitrogen and oxygen atoms in total. The third kappa shape index (κ3) is 3.16. The molecule has 0 atom stereocenters. The molecule has 0 amide bonds. The van der Waals surface area contributed by atoms with E-state index in [9.17, 15) is 0 Å². The first-order valence-corrected chi connectivity index (χ1v) is 6.15. The summed E-state index contributed by atoms with van der Waals surface area (Å²) in [6, 6.07) is 29.6. The summed E-state index contributed by atoms with van der Waals surface area (Å²) in [6.45, 7) is 0. The fourth-order valence-electron chi connectivity index (χ4n) is 2.22. The molecule has 19 heavy (non-hydrogen) atoms. The summed E-state index contributed by atoms with van der Waals surface area (Å²) < 4.78 is 0. The van der Waals surface area contributed by atoms with Gasteiger partial charge in [0.2, 0.25) is 0 Å². The minimum absolute atomic E-state index is 0. The number of benzene rings is 3. The standard InChI is InChI=1S/C18H14.Na.H/c1-3-9-15(10-4-1)17-13-7-8-14-18(17)16-11-5-2-6-12-16;;/h1-14H;;. The van der Waals surface area contributed by atoms with Gasteiger partial charge in [-0.3, -0.25) is 0 Å². The van der Waals surface area contributed by atoms with Gasteiger partial charge in [0.05, 0.1) is 0 Å². The Bertz CT molecular complexity index is 572. The van der Waals surface area contributed by atoms with Gasteiger partial charge in [-0.05, 0) is 22.3 Å². The maximum Gasteiger partial charge on any atom is -0.0105 e. The summed E-state index contributed by atoms with van der Waals surface area (Å²) in [5, 5.41) is 0. The maximum absolute atomic E-state index is 2.18. The van der Waals surface area contributed by atoms with Crippen molar-refractivity contribution in [3.8, 4) is 22.3 Å². The first-order chi connectivity index (χ1) is 8.95. The number of hydrogen-bond acceptors (Lipinski definition) is 0. The Balaban J connectivity index is 0.00000133. The Kier molecular flexibility index (Phi) is 4.98. The first kappa shape index (κ1) is 14.1. The van der Waals surface area contributed by atoms with Crippen LogP contribution >= 0.6 is 0 Å². The zero-order chi connectivity index (χ0) is 12.2. The predicted molar refractivity (Wildman–Crippen MR) is 84.5 cm³/mol. The van der Waals surface area contributed by atoms with Gasteiger partial charge in [0, 0.05) is 0 Å². The van der Waals surface area contributed by atoms with E-state index in [0.717, 1.165) is 0 Å². The van der Waals surface area contributed by atoms with Crippen molar-refractivity contribution in [2.75, 3.05) is 0 Å². The molecule has 0 aliphatic rings. The Morgan fingerprint density at radius 1 is 0.368 bits per heavy atom. The predicted octanol–water partition coefficient (Wildman–Crippen LogP) is 4.37. The van der Waals surface area contributed by atoms with E-state index in [1.54, 1.807) is 0 Å². The van der Waals surface area contributed by atoms with Crippen LogP contribution in [0.2, 0.25) is 0 Å². The normalized spacial score (nSPS) is 9.68. The van der Waals surface area contributed by atoms with Crippen LogP contribution in [0.15, 0.2) is 84.9 Å². The second-order valence-corrected chi connectivity index (χ2v) is 4.28. The molecule has 0 heterocycles. The Hall–Kier alpha value is -1.34. The molecule has 3 rings (SSSR count). The second-order valence-electron chi connectivity index (χ2n) is 4.28. The molecule has 0 unspecified atom stereocenters. The zero-order valence-electron chi connectivity index (χ0n) is 10.1. The number of hydrogen-bond donors (Lipinski definition) is 0. The molecule has 0 aromatic heterocycles. The molecule has 0 saturated heterocycles. The minimum Gasteiger partial charge on any atom is -0.0622 e. The first-order valence-electron chi connectivity index (χ1n) is 6.15. The van der Waals surface area contributed by atoms with E-state index in [-0.39, 0.29) is 29.6 Å². The molecular weight excluding hydrogens is 239 g/mol. The molecule has 3 aromatic carbocycles. The summed E-state index contributed by atoms with van der Waals surface area (Å²) in [5.41, 5.74) is 5.09. The molecule has 0 fully saturated rings. The molecular formula is C18H15Na. The van der Waals surface area contributed by atoms with Crippen molar-refractivity contribution < 1.29 is 0 Å². The van der Waals surface area contributed by atoms with Crippen molar-refractivity contribution in [1.29, 1.82) is 0 Å². The average molecular weight is 254 g/mol. The quantitative estimate of drug-likeness (QED) is 0.596. The van der Waals surface area contributed by atoms with E-state index in [1.165, 1.54) is 22.3 Å². The van der Waals surface area contributed by atoms with Gasteiger partial charge in [-0.2, -0.15) is 0 Å². The number of rotatable bonds is 2. The van der Waals surface area contributed by atoms with Gasteiger partial charge < -0.3 is 0 Å². The summed E-state index contributed by atoms with van der Waals surface area (Å²) >= 11 is 0. The van der Waals surface area contributed by atoms with Crippen LogP contribution in [0, 0.1) is 0 Å². The van der Waals surface area contributed by atoms with E-state index in [0.29, 0.717) is 0 Å². The average Bonchev–Trinajstić information content (AvgIpc) is 2.49. The Morgan fingerprint density at radius 3 is 1.05 bits per heavy atom. The fraction of sp³-hybridized carbons (Fsp3) is 0. The topological polar surface area (TPSA) is 0 Å². The van der Waals surface area contributed by atoms with E-state index < -0.39 is 0 Å². The van der Waals surface area contributed by atoms with Crippen LogP contribution in [0.3, 0.4) is 0 Å². The molecule has 0 aliphatic carbocycles. The molecule has 0 radical (unpaired) electrons. The second kappa shape index (κ2) is 6.72. The smallest absolute Gasteiger partial charge is 0.0105 e. The molecule has 0 saturated carbocycles. The SMILES string of the molecule is [NaH].c1ccc(-c2ccccc2-c2ccccc2)cc1. The third-order valence-electron chi connectivity index (χ3n) is 3.10. The summed E-state index contributed by atoms with van der Waals surface area (Å²) in [4.78, 5) is 0. The van der Waals surface area contributed by atoms with E-state index >= 15 is 0 Å². The molecule has 0 aliphatic heterocycles. The summed E-state index contributed by atoms with van der Waals surface area (Å²) in [6.07, 6.45) is 0. The molecule has 3 aromatic rings. The van der Waals surface area contributed by atoms with Gasteiger partial charge in [-0.25, -0.2) is 0 Å². The van der Waals surface area contributed by atoms with E-state index in [1.807, 2.05) is 0 Å². The molecule has 0 bridgehead atoms. The summed E-state index contributed by atoms with van der Waals surface area (Å²) in [7, 11) is 0. The molecule has 88 valence electrons. The van der Waals surface area contributed by atoms with Crippen LogP contribution in [0.4, 0.5) is 0 Å². The van der Waals surface area contributed by atoms with Crippen LogP contribution in [-0.4, -0.2) is 29.6 Å². The molecule has 0 N–H and O–H groups in total. The minimum atomic E-state index is 0. The van der Waals surface area contributed by atoms with Gasteiger partial charge in [0.25, 0.3) is 0 Å². The third-order valence-corrected chi connectivity index (χ3v) is 3.10. The van der Waals surface area contributed by atoms with Crippen LogP contribution in [-0.2, 0) is 0 Å². The van der Waals surface area contributed by atoms with Gasteiger partial charge in [0.1, 0.15) is 0 Å². The van der Waals surface area contributed by atoms with Crippen molar-refractivity contribution in [2.24, 2.45) is 0 Å². The van der Waals surface area contributed by atoms with Crippen molar-refractivity contribution in [2.45, 2.75) is 0 Å². The Morgan fingerprint density at radius 2 is 0.684 bits per heavy atom. The van der Waals surface area contributed by atoms with Gasteiger partial charge in [-0.15, -0.1) is 0 Å². The van der Waals surface area contributed by atoms with Crippen LogP contribution in [0.5, 0.6) is 0 Å². The van der Waals surface area contributed by atoms with Gasteiger partial charge >= 0.3 is 29.6 Å². The van der Waals surface area contributed by atoms with Crippen molar-refractivity contribution in [3.05, 3.63) is 84.9 Å². The van der Waals surface area contributed by atoms with Crippen molar-refractivity contribution in [1.82, 2.24) is 0 Å². The summed E-state index contributed by atoms with van der Waals surface area (Å²) in [5.74, 6) is 0. The fourth-order valence-corrected chi connectivity index (χ4v) is 2.22. The van der Waals surface area contributed by atoms with E-state index in [2.05, 4.69) is 84.9 Å². The maximum atomic E-state index is 2.18. The van der Waals surface area contributed by atoms with Crippen molar-refractivity contribution >= 4 is 29.6 Å². The molecule has 0 spiro atoms. The van der Waals surface area contributed by atoms with Gasteiger partial charge in [0.15, 0.2) is 0 Å². The van der Waals surface area contributed by atoms with E-state index in [4.69, 9.17) is 0 Å². The largest absolute Gasteiger partial charge is 0.0622 e. The van der Waals surface area contributed by atoms with Gasteiger partial charge in [-0.1, -0.05) is 84.9 Å². The zero-order valence-corrected chi connectivity index (χ0v) is 10.1. The molecule has 1 heteroatoms. The monoisotopic (exact) mass is 254 g/mol. The van der Waals surface area contributed by atoms with Crippen LogP contribution in [0.25, 0.3) is 22.3 Å². The van der Waals surface area contributed by atoms with Crippen LogP contribution in [0.1, 0.15) is 0 Å². The van der Waals surface area contributed by atoms with Crippen LogP contribution < -0.4 is 0 Å².